The van der Waals surface area contributed by atoms with Crippen LogP contribution in [0.15, 0.2) is 29.1 Å². The van der Waals surface area contributed by atoms with Gasteiger partial charge < -0.3 is 11.5 Å². The highest BCUT2D eigenvalue weighted by Crippen LogP contribution is 2.40. The summed E-state index contributed by atoms with van der Waals surface area (Å²) in [6, 6.07) is 7.62. The number of amides is 1. The van der Waals surface area contributed by atoms with E-state index in [0.717, 1.165) is 41.3 Å². The molecule has 1 aliphatic rings. The molecule has 24 heavy (non-hydrogen) atoms. The smallest absolute Gasteiger partial charge is 0.260 e. The molecule has 124 valence electrons. The topological polar surface area (TPSA) is 91.1 Å². The maximum Gasteiger partial charge on any atom is 0.260 e. The fraction of sp³-hybridized carbons (Fsp3) is 0.333. The second kappa shape index (κ2) is 5.63. The van der Waals surface area contributed by atoms with Gasteiger partial charge in [0.15, 0.2) is 0 Å². The highest BCUT2D eigenvalue weighted by molar-refractivity contribution is 7.21. The zero-order valence-electron chi connectivity index (χ0n) is 13.2. The lowest BCUT2D eigenvalue weighted by Gasteiger charge is -2.25. The van der Waals surface area contributed by atoms with Gasteiger partial charge in [-0.1, -0.05) is 37.5 Å². The molecule has 6 heteroatoms. The SMILES string of the molecule is NC(=O)c1sc2c(c1N)c1ccccc1c(=O)n2C1CCCCC1. The Morgan fingerprint density at radius 2 is 1.79 bits per heavy atom. The minimum Gasteiger partial charge on any atom is -0.397 e. The number of carbonyl (C=O) groups is 1. The molecule has 1 fully saturated rings. The second-order valence-electron chi connectivity index (χ2n) is 6.40. The Morgan fingerprint density at radius 3 is 2.46 bits per heavy atom. The molecule has 4 rings (SSSR count). The van der Waals surface area contributed by atoms with E-state index >= 15 is 0 Å². The van der Waals surface area contributed by atoms with Crippen LogP contribution in [0.25, 0.3) is 21.0 Å². The Bertz CT molecular complexity index is 1010. The van der Waals surface area contributed by atoms with Crippen LogP contribution in [0.4, 0.5) is 5.69 Å². The number of pyridine rings is 1. The maximum absolute atomic E-state index is 13.1. The summed E-state index contributed by atoms with van der Waals surface area (Å²) in [5, 5.41) is 2.23. The molecule has 1 aliphatic carbocycles. The summed E-state index contributed by atoms with van der Waals surface area (Å²) in [6.45, 7) is 0. The van der Waals surface area contributed by atoms with Crippen molar-refractivity contribution in [3.05, 3.63) is 39.5 Å². The summed E-state index contributed by atoms with van der Waals surface area (Å²) in [5.41, 5.74) is 12.1. The number of hydrogen-bond donors (Lipinski definition) is 2. The predicted molar refractivity (Wildman–Crippen MR) is 98.6 cm³/mol. The summed E-state index contributed by atoms with van der Waals surface area (Å²) in [5.74, 6) is -0.541. The number of aromatic nitrogens is 1. The number of benzene rings is 1. The first-order valence-corrected chi connectivity index (χ1v) is 9.06. The molecule has 1 saturated carbocycles. The van der Waals surface area contributed by atoms with Crippen molar-refractivity contribution in [2.45, 2.75) is 38.1 Å². The van der Waals surface area contributed by atoms with Gasteiger partial charge in [0.05, 0.1) is 5.69 Å². The van der Waals surface area contributed by atoms with E-state index in [4.69, 9.17) is 11.5 Å². The third kappa shape index (κ3) is 2.13. The fourth-order valence-corrected chi connectivity index (χ4v) is 4.98. The number of carbonyl (C=O) groups excluding carboxylic acids is 1. The number of thiophene rings is 1. The van der Waals surface area contributed by atoms with Crippen molar-refractivity contribution in [3.8, 4) is 0 Å². The first-order valence-electron chi connectivity index (χ1n) is 8.24. The van der Waals surface area contributed by atoms with Crippen LogP contribution in [0.1, 0.15) is 47.8 Å². The molecule has 0 atom stereocenters. The molecule has 0 spiro atoms. The van der Waals surface area contributed by atoms with Gasteiger partial charge in [-0.3, -0.25) is 14.2 Å². The monoisotopic (exact) mass is 341 g/mol. The Balaban J connectivity index is 2.16. The second-order valence-corrected chi connectivity index (χ2v) is 7.40. The van der Waals surface area contributed by atoms with Gasteiger partial charge in [0.2, 0.25) is 0 Å². The van der Waals surface area contributed by atoms with E-state index in [1.807, 2.05) is 28.8 Å². The summed E-state index contributed by atoms with van der Waals surface area (Å²) < 4.78 is 1.87. The van der Waals surface area contributed by atoms with Gasteiger partial charge in [-0.05, 0) is 24.3 Å². The molecule has 0 bridgehead atoms. The Hall–Kier alpha value is -2.34. The van der Waals surface area contributed by atoms with E-state index in [1.54, 1.807) is 0 Å². The third-order valence-corrected chi connectivity index (χ3v) is 6.17. The molecule has 4 N–H and O–H groups in total. The van der Waals surface area contributed by atoms with Crippen molar-refractivity contribution in [1.82, 2.24) is 4.57 Å². The molecule has 2 heterocycles. The highest BCUT2D eigenvalue weighted by Gasteiger charge is 2.25. The number of rotatable bonds is 2. The van der Waals surface area contributed by atoms with Crippen LogP contribution in [0.3, 0.4) is 0 Å². The molecule has 0 radical (unpaired) electrons. The lowest BCUT2D eigenvalue weighted by Crippen LogP contribution is -2.26. The first-order chi connectivity index (χ1) is 11.6. The van der Waals surface area contributed by atoms with Gasteiger partial charge >= 0.3 is 0 Å². The molecule has 3 aromatic rings. The van der Waals surface area contributed by atoms with Crippen molar-refractivity contribution in [3.63, 3.8) is 0 Å². The van der Waals surface area contributed by atoms with Gasteiger partial charge in [-0.15, -0.1) is 11.3 Å². The summed E-state index contributed by atoms with van der Waals surface area (Å²) in [7, 11) is 0. The largest absolute Gasteiger partial charge is 0.397 e. The van der Waals surface area contributed by atoms with Crippen LogP contribution in [0.5, 0.6) is 0 Å². The van der Waals surface area contributed by atoms with Crippen molar-refractivity contribution >= 4 is 43.9 Å². The van der Waals surface area contributed by atoms with Crippen LogP contribution in [0, 0.1) is 0 Å². The van der Waals surface area contributed by atoms with Gasteiger partial charge in [0.1, 0.15) is 9.71 Å². The van der Waals surface area contributed by atoms with Crippen LogP contribution in [0.2, 0.25) is 0 Å². The molecule has 0 aliphatic heterocycles. The Kier molecular flexibility index (Phi) is 3.57. The Labute approximate surface area is 142 Å². The lowest BCUT2D eigenvalue weighted by molar-refractivity contribution is 0.100. The zero-order valence-corrected chi connectivity index (χ0v) is 14.1. The molecule has 5 nitrogen and oxygen atoms in total. The van der Waals surface area contributed by atoms with E-state index in [-0.39, 0.29) is 11.6 Å². The number of hydrogen-bond acceptors (Lipinski definition) is 4. The molecule has 2 aromatic heterocycles. The van der Waals surface area contributed by atoms with Gasteiger partial charge in [0.25, 0.3) is 11.5 Å². The number of anilines is 1. The van der Waals surface area contributed by atoms with Gasteiger partial charge in [0, 0.05) is 16.8 Å². The van der Waals surface area contributed by atoms with Crippen molar-refractivity contribution in [2.24, 2.45) is 5.73 Å². The molecular formula is C18H19N3O2S. The van der Waals surface area contributed by atoms with E-state index in [1.165, 1.54) is 17.8 Å². The van der Waals surface area contributed by atoms with Gasteiger partial charge in [-0.25, -0.2) is 0 Å². The third-order valence-electron chi connectivity index (χ3n) is 4.95. The van der Waals surface area contributed by atoms with Crippen molar-refractivity contribution in [2.75, 3.05) is 5.73 Å². The molecule has 0 saturated heterocycles. The standard InChI is InChI=1S/C18H19N3O2S/c19-14-13-11-8-4-5-9-12(11)17(23)21(10-6-2-1-3-7-10)18(13)24-15(14)16(20)22/h4-5,8-10H,1-3,6-7,19H2,(H2,20,22). The van der Waals surface area contributed by atoms with Crippen LogP contribution >= 0.6 is 11.3 Å². The van der Waals surface area contributed by atoms with E-state index in [9.17, 15) is 9.59 Å². The van der Waals surface area contributed by atoms with E-state index in [2.05, 4.69) is 0 Å². The lowest BCUT2D eigenvalue weighted by atomic mass is 9.94. The van der Waals surface area contributed by atoms with Crippen LogP contribution < -0.4 is 17.0 Å². The summed E-state index contributed by atoms with van der Waals surface area (Å²) >= 11 is 1.24. The fourth-order valence-electron chi connectivity index (χ4n) is 3.82. The number of nitrogens with two attached hydrogens (primary N) is 2. The number of nitrogens with zero attached hydrogens (tertiary/aromatic N) is 1. The Morgan fingerprint density at radius 1 is 1.12 bits per heavy atom. The van der Waals surface area contributed by atoms with Crippen LogP contribution in [-0.2, 0) is 0 Å². The van der Waals surface area contributed by atoms with E-state index in [0.29, 0.717) is 16.0 Å². The van der Waals surface area contributed by atoms with Gasteiger partial charge in [-0.2, -0.15) is 0 Å². The minimum atomic E-state index is -0.541. The summed E-state index contributed by atoms with van der Waals surface area (Å²) in [6.07, 6.45) is 5.42. The zero-order chi connectivity index (χ0) is 16.8. The predicted octanol–water partition coefficient (Wildman–Crippen LogP) is 3.40. The first kappa shape index (κ1) is 15.2. The molecule has 1 amide bonds. The minimum absolute atomic E-state index is 0.00210. The normalized spacial score (nSPS) is 16.0. The van der Waals surface area contributed by atoms with Crippen molar-refractivity contribution in [1.29, 1.82) is 0 Å². The quantitative estimate of drug-likeness (QED) is 0.748. The average molecular weight is 341 g/mol. The number of primary amides is 1. The highest BCUT2D eigenvalue weighted by atomic mass is 32.1. The molecule has 1 aromatic carbocycles. The van der Waals surface area contributed by atoms with E-state index < -0.39 is 5.91 Å². The number of nitrogen functional groups attached to an aromatic ring is 1. The number of fused-ring (bicyclic) bond motifs is 3. The molecular weight excluding hydrogens is 322 g/mol. The summed E-state index contributed by atoms with van der Waals surface area (Å²) in [4.78, 5) is 26.0. The average Bonchev–Trinajstić information content (AvgIpc) is 2.94. The van der Waals surface area contributed by atoms with Crippen LogP contribution in [-0.4, -0.2) is 10.5 Å². The van der Waals surface area contributed by atoms with Crippen molar-refractivity contribution < 1.29 is 4.79 Å². The maximum atomic E-state index is 13.1. The molecule has 0 unspecified atom stereocenters.